The minimum Gasteiger partial charge on any atom is -0.334 e. The Kier molecular flexibility index (Phi) is 3.07. The second-order valence-electron chi connectivity index (χ2n) is 3.71. The zero-order chi connectivity index (χ0) is 11.7. The van der Waals surface area contributed by atoms with Crippen LogP contribution in [0.1, 0.15) is 24.4 Å². The van der Waals surface area contributed by atoms with E-state index >= 15 is 0 Å². The van der Waals surface area contributed by atoms with Crippen LogP contribution in [0, 0.1) is 6.92 Å². The largest absolute Gasteiger partial charge is 0.334 e. The van der Waals surface area contributed by atoms with Crippen LogP contribution < -0.4 is 5.73 Å². The summed E-state index contributed by atoms with van der Waals surface area (Å²) in [5.74, 6) is 1.03. The SMILES string of the molecule is Cc1ccc(Br)cc1-c1nc(C(C)N)no1. The quantitative estimate of drug-likeness (QED) is 0.919. The van der Waals surface area contributed by atoms with E-state index in [1.54, 1.807) is 0 Å². The molecule has 0 saturated heterocycles. The van der Waals surface area contributed by atoms with Gasteiger partial charge in [-0.05, 0) is 31.5 Å². The van der Waals surface area contributed by atoms with Crippen molar-refractivity contribution in [3.05, 3.63) is 34.1 Å². The summed E-state index contributed by atoms with van der Waals surface area (Å²) in [6.45, 7) is 3.82. The van der Waals surface area contributed by atoms with Crippen LogP contribution in [-0.2, 0) is 0 Å². The smallest absolute Gasteiger partial charge is 0.258 e. The predicted molar refractivity (Wildman–Crippen MR) is 64.8 cm³/mol. The van der Waals surface area contributed by atoms with Gasteiger partial charge in [-0.15, -0.1) is 0 Å². The minimum atomic E-state index is -0.218. The summed E-state index contributed by atoms with van der Waals surface area (Å²) in [4.78, 5) is 4.26. The number of aromatic nitrogens is 2. The van der Waals surface area contributed by atoms with Crippen LogP contribution in [0.2, 0.25) is 0 Å². The Hall–Kier alpha value is -1.20. The van der Waals surface area contributed by atoms with E-state index in [9.17, 15) is 0 Å². The average molecular weight is 282 g/mol. The fourth-order valence-electron chi connectivity index (χ4n) is 1.35. The molecule has 84 valence electrons. The third-order valence-corrected chi connectivity index (χ3v) is 2.77. The lowest BCUT2D eigenvalue weighted by Gasteiger charge is -2.00. The number of aryl methyl sites for hydroxylation is 1. The van der Waals surface area contributed by atoms with Gasteiger partial charge in [-0.25, -0.2) is 0 Å². The zero-order valence-electron chi connectivity index (χ0n) is 9.07. The lowest BCUT2D eigenvalue weighted by molar-refractivity contribution is 0.418. The number of halogens is 1. The molecule has 0 aliphatic carbocycles. The first kappa shape index (κ1) is 11.3. The van der Waals surface area contributed by atoms with E-state index < -0.39 is 0 Å². The van der Waals surface area contributed by atoms with Crippen LogP contribution in [0.4, 0.5) is 0 Å². The Balaban J connectivity index is 2.46. The Morgan fingerprint density at radius 2 is 2.19 bits per heavy atom. The van der Waals surface area contributed by atoms with Gasteiger partial charge in [-0.1, -0.05) is 27.2 Å². The molecule has 4 nitrogen and oxygen atoms in total. The molecule has 0 aliphatic heterocycles. The van der Waals surface area contributed by atoms with Crippen LogP contribution in [0.5, 0.6) is 0 Å². The van der Waals surface area contributed by atoms with Crippen LogP contribution in [0.15, 0.2) is 27.2 Å². The number of hydrogen-bond acceptors (Lipinski definition) is 4. The highest BCUT2D eigenvalue weighted by Gasteiger charge is 2.13. The monoisotopic (exact) mass is 281 g/mol. The Labute approximate surface area is 102 Å². The number of nitrogens with two attached hydrogens (primary N) is 1. The predicted octanol–water partition coefficient (Wildman–Crippen LogP) is 2.83. The highest BCUT2D eigenvalue weighted by Crippen LogP contribution is 2.25. The fourth-order valence-corrected chi connectivity index (χ4v) is 1.71. The van der Waals surface area contributed by atoms with Crippen molar-refractivity contribution in [3.63, 3.8) is 0 Å². The molecule has 2 rings (SSSR count). The fraction of sp³-hybridized carbons (Fsp3) is 0.273. The molecule has 0 bridgehead atoms. The highest BCUT2D eigenvalue weighted by molar-refractivity contribution is 9.10. The van der Waals surface area contributed by atoms with Gasteiger partial charge in [0.05, 0.1) is 6.04 Å². The number of rotatable bonds is 2. The summed E-state index contributed by atoms with van der Waals surface area (Å²) < 4.78 is 6.17. The van der Waals surface area contributed by atoms with Crippen LogP contribution >= 0.6 is 15.9 Å². The van der Waals surface area contributed by atoms with Crippen LogP contribution in [0.3, 0.4) is 0 Å². The molecule has 0 amide bonds. The lowest BCUT2D eigenvalue weighted by atomic mass is 10.1. The standard InChI is InChI=1S/C11H12BrN3O/c1-6-3-4-8(12)5-9(6)11-14-10(7(2)13)15-16-11/h3-5,7H,13H2,1-2H3. The van der Waals surface area contributed by atoms with E-state index in [2.05, 4.69) is 26.1 Å². The van der Waals surface area contributed by atoms with E-state index in [0.717, 1.165) is 15.6 Å². The third kappa shape index (κ3) is 2.15. The molecule has 0 fully saturated rings. The average Bonchev–Trinajstić information content (AvgIpc) is 2.70. The molecule has 0 saturated carbocycles. The van der Waals surface area contributed by atoms with Crippen LogP contribution in [0.25, 0.3) is 11.5 Å². The summed E-state index contributed by atoms with van der Waals surface area (Å²) in [6, 6.07) is 5.70. The Morgan fingerprint density at radius 3 is 2.81 bits per heavy atom. The third-order valence-electron chi connectivity index (χ3n) is 2.28. The normalized spacial score (nSPS) is 12.8. The van der Waals surface area contributed by atoms with Crippen molar-refractivity contribution in [1.29, 1.82) is 0 Å². The van der Waals surface area contributed by atoms with Gasteiger partial charge in [0.2, 0.25) is 0 Å². The first-order valence-corrected chi connectivity index (χ1v) is 5.73. The second kappa shape index (κ2) is 4.35. The minimum absolute atomic E-state index is 0.218. The summed E-state index contributed by atoms with van der Waals surface area (Å²) in [7, 11) is 0. The van der Waals surface area contributed by atoms with Gasteiger partial charge in [0.25, 0.3) is 5.89 Å². The maximum atomic E-state index is 5.68. The number of benzene rings is 1. The van der Waals surface area contributed by atoms with E-state index in [0.29, 0.717) is 11.7 Å². The van der Waals surface area contributed by atoms with Gasteiger partial charge in [-0.2, -0.15) is 4.98 Å². The van der Waals surface area contributed by atoms with Crippen molar-refractivity contribution in [3.8, 4) is 11.5 Å². The molecular formula is C11H12BrN3O. The van der Waals surface area contributed by atoms with Crippen molar-refractivity contribution >= 4 is 15.9 Å². The van der Waals surface area contributed by atoms with Gasteiger partial charge in [-0.3, -0.25) is 0 Å². The summed E-state index contributed by atoms with van der Waals surface area (Å²) in [5.41, 5.74) is 7.69. The van der Waals surface area contributed by atoms with Crippen molar-refractivity contribution < 1.29 is 4.52 Å². The second-order valence-corrected chi connectivity index (χ2v) is 4.62. The van der Waals surface area contributed by atoms with Gasteiger partial charge < -0.3 is 10.3 Å². The summed E-state index contributed by atoms with van der Waals surface area (Å²) >= 11 is 3.41. The molecule has 0 spiro atoms. The van der Waals surface area contributed by atoms with Crippen molar-refractivity contribution in [1.82, 2.24) is 10.1 Å². The van der Waals surface area contributed by atoms with E-state index in [-0.39, 0.29) is 6.04 Å². The number of hydrogen-bond donors (Lipinski definition) is 1. The van der Waals surface area contributed by atoms with Crippen LogP contribution in [-0.4, -0.2) is 10.1 Å². The molecule has 1 unspecified atom stereocenters. The molecule has 2 aromatic rings. The molecule has 2 N–H and O–H groups in total. The van der Waals surface area contributed by atoms with Crippen molar-refractivity contribution in [2.75, 3.05) is 0 Å². The first-order chi connectivity index (χ1) is 7.58. The maximum absolute atomic E-state index is 5.68. The molecule has 16 heavy (non-hydrogen) atoms. The molecule has 1 atom stereocenters. The van der Waals surface area contributed by atoms with Gasteiger partial charge in [0.1, 0.15) is 0 Å². The van der Waals surface area contributed by atoms with E-state index in [4.69, 9.17) is 10.3 Å². The molecule has 0 radical (unpaired) electrons. The Morgan fingerprint density at radius 1 is 1.44 bits per heavy atom. The first-order valence-electron chi connectivity index (χ1n) is 4.93. The molecular weight excluding hydrogens is 270 g/mol. The lowest BCUT2D eigenvalue weighted by Crippen LogP contribution is -2.06. The van der Waals surface area contributed by atoms with Crippen molar-refractivity contribution in [2.45, 2.75) is 19.9 Å². The molecule has 1 aromatic carbocycles. The molecule has 5 heteroatoms. The zero-order valence-corrected chi connectivity index (χ0v) is 10.7. The highest BCUT2D eigenvalue weighted by atomic mass is 79.9. The Bertz CT molecular complexity index is 508. The number of nitrogens with zero attached hydrogens (tertiary/aromatic N) is 2. The van der Waals surface area contributed by atoms with E-state index in [1.807, 2.05) is 32.0 Å². The van der Waals surface area contributed by atoms with Crippen molar-refractivity contribution in [2.24, 2.45) is 5.73 Å². The van der Waals surface area contributed by atoms with E-state index in [1.165, 1.54) is 0 Å². The molecule has 0 aliphatic rings. The maximum Gasteiger partial charge on any atom is 0.258 e. The summed E-state index contributed by atoms with van der Waals surface area (Å²) in [6.07, 6.45) is 0. The van der Waals surface area contributed by atoms with Gasteiger partial charge >= 0.3 is 0 Å². The topological polar surface area (TPSA) is 64.9 Å². The van der Waals surface area contributed by atoms with Gasteiger partial charge in [0, 0.05) is 10.0 Å². The molecule has 1 heterocycles. The molecule has 1 aromatic heterocycles. The van der Waals surface area contributed by atoms with Gasteiger partial charge in [0.15, 0.2) is 5.82 Å². The summed E-state index contributed by atoms with van der Waals surface area (Å²) in [5, 5.41) is 3.84.